The molecule has 6 saturated carbocycles. The Morgan fingerprint density at radius 1 is 0.375 bits per heavy atom. The van der Waals surface area contributed by atoms with Crippen molar-refractivity contribution in [3.05, 3.63) is 11.3 Å². The molecule has 0 saturated heterocycles. The van der Waals surface area contributed by atoms with E-state index in [1.165, 1.54) is 77.0 Å². The van der Waals surface area contributed by atoms with Crippen LogP contribution in [-0.2, 0) is 33.0 Å². The van der Waals surface area contributed by atoms with Gasteiger partial charge in [0.25, 0.3) is 0 Å². The Kier molecular flexibility index (Phi) is 20.6. The molecule has 0 aliphatic heterocycles. The molecule has 0 aromatic rings. The fraction of sp³-hybridized carbons (Fsp3) is 0.941. The van der Waals surface area contributed by atoms with Gasteiger partial charge in [0.15, 0.2) is 0 Å². The second kappa shape index (κ2) is 22.2. The largest absolute Gasteiger partial charge is 0 e. The minimum atomic E-state index is -0.106. The van der Waals surface area contributed by atoms with Crippen molar-refractivity contribution < 1.29 is 33.0 Å². The molecule has 0 bridgehead atoms. The molecule has 0 spiro atoms. The molecule has 0 N–H and O–H groups in total. The number of halogens is 2. The number of hydrogen-bond donors (Lipinski definition) is 0. The van der Waals surface area contributed by atoms with E-state index in [1.807, 2.05) is 0 Å². The number of rotatable bonds is 6. The average Bonchev–Trinajstić information content (AvgIpc) is 3.72. The average molecular weight is 764 g/mol. The van der Waals surface area contributed by atoms with Gasteiger partial charge in [0.1, 0.15) is 0 Å². The Morgan fingerprint density at radius 3 is 0.775 bits per heavy atom. The van der Waals surface area contributed by atoms with Gasteiger partial charge in [-0.1, -0.05) is 119 Å². The Labute approximate surface area is 279 Å². The molecule has 0 amide bonds. The van der Waals surface area contributed by atoms with Gasteiger partial charge >= 0.3 is 35.0 Å². The third-order valence-corrected chi connectivity index (χ3v) is 18.5. The fourth-order valence-corrected chi connectivity index (χ4v) is 17.8. The quantitative estimate of drug-likeness (QED) is 0.187. The first-order valence-corrected chi connectivity index (χ1v) is 24.4. The van der Waals surface area contributed by atoms with E-state index >= 15 is 0 Å². The predicted molar refractivity (Wildman–Crippen MR) is 176 cm³/mol. The summed E-state index contributed by atoms with van der Waals surface area (Å²) in [6, 6.07) is 0. The van der Waals surface area contributed by atoms with Crippen LogP contribution in [0.5, 0.6) is 0 Å². The van der Waals surface area contributed by atoms with Crippen molar-refractivity contribution >= 4 is 34.9 Å². The van der Waals surface area contributed by atoms with Gasteiger partial charge in [-0.05, 0) is 99.7 Å². The second-order valence-corrected chi connectivity index (χ2v) is 21.7. The van der Waals surface area contributed by atoms with Gasteiger partial charge in [0.2, 0.25) is 0 Å². The smallest absolute Gasteiger partial charge is 0 e. The standard InChI is InChI=1S/2C17H30P.2ClH.Fe.Pd/c2*1-3-9-15(10-4-1)18(17-13-7-8-14-17)16-11-5-2-6-12-16;;;;/h2*15-16H,1-14H2;2*1H;;/q;;;;;+2/p-2. The first-order chi connectivity index (χ1) is 19.3. The van der Waals surface area contributed by atoms with Crippen LogP contribution >= 0.6 is 34.9 Å². The summed E-state index contributed by atoms with van der Waals surface area (Å²) in [5.74, 6) is 0. The third kappa shape index (κ3) is 12.1. The molecule has 6 rings (SSSR count). The summed E-state index contributed by atoms with van der Waals surface area (Å²) in [7, 11) is 10.3. The van der Waals surface area contributed by atoms with E-state index < -0.39 is 0 Å². The minimum Gasteiger partial charge on any atom is 0 e. The molecule has 2 radical (unpaired) electrons. The van der Waals surface area contributed by atoms with Crippen molar-refractivity contribution in [2.75, 3.05) is 0 Å². The summed E-state index contributed by atoms with van der Waals surface area (Å²) < 4.78 is 0. The Hall–Kier alpha value is 2.62. The maximum atomic E-state index is 4.81. The zero-order valence-electron chi connectivity index (χ0n) is 25.4. The summed E-state index contributed by atoms with van der Waals surface area (Å²) in [5.41, 5.74) is 8.80. The van der Waals surface area contributed by atoms with Crippen molar-refractivity contribution in [3.8, 4) is 0 Å². The Balaban J connectivity index is 0.000000197. The molecule has 0 atom stereocenters. The molecular weight excluding hydrogens is 703 g/mol. The normalized spacial score (nSPS) is 26.8. The van der Waals surface area contributed by atoms with E-state index in [-0.39, 0.29) is 33.0 Å². The molecule has 6 fully saturated rings. The first kappa shape index (κ1) is 37.1. The Morgan fingerprint density at radius 2 is 0.575 bits per heavy atom. The van der Waals surface area contributed by atoms with Crippen LogP contribution in [0.4, 0.5) is 0 Å². The van der Waals surface area contributed by atoms with Crippen LogP contribution in [0.1, 0.15) is 180 Å². The predicted octanol–water partition coefficient (Wildman–Crippen LogP) is 13.9. The fourth-order valence-electron chi connectivity index (χ4n) is 9.15. The Bertz CT molecular complexity index is 519. The minimum absolute atomic E-state index is 0. The van der Waals surface area contributed by atoms with Crippen LogP contribution in [0.2, 0.25) is 0 Å². The molecule has 0 aromatic heterocycles. The van der Waals surface area contributed by atoms with Gasteiger partial charge in [-0.25, -0.2) is 0 Å². The van der Waals surface area contributed by atoms with Crippen LogP contribution in [-0.4, -0.2) is 22.6 Å². The molecule has 6 heteroatoms. The van der Waals surface area contributed by atoms with E-state index in [0.29, 0.717) is 15.8 Å². The van der Waals surface area contributed by atoms with Gasteiger partial charge in [-0.15, -0.1) is 0 Å². The van der Waals surface area contributed by atoms with E-state index in [9.17, 15) is 0 Å². The van der Waals surface area contributed by atoms with Crippen molar-refractivity contribution in [1.82, 2.24) is 0 Å². The SMILES string of the molecule is C1CCC(P([C]2CCCC2)C2CCCCC2)CC1.C1CCC(P([C]2CCCC2)C2CCCCC2)CC1.[Cl][Pd][Cl].[Fe]. The van der Waals surface area contributed by atoms with Crippen LogP contribution < -0.4 is 0 Å². The molecule has 40 heavy (non-hydrogen) atoms. The van der Waals surface area contributed by atoms with E-state index in [1.54, 1.807) is 103 Å². The van der Waals surface area contributed by atoms with Gasteiger partial charge < -0.3 is 0 Å². The van der Waals surface area contributed by atoms with Crippen molar-refractivity contribution in [2.24, 2.45) is 0 Å². The molecule has 238 valence electrons. The zero-order valence-corrected chi connectivity index (χ0v) is 31.4. The van der Waals surface area contributed by atoms with Crippen LogP contribution in [0, 0.1) is 11.3 Å². The zero-order chi connectivity index (χ0) is 27.1. The molecule has 0 heterocycles. The maximum absolute atomic E-state index is 4.81. The summed E-state index contributed by atoms with van der Waals surface area (Å²) in [6.07, 6.45) is 43.4. The topological polar surface area (TPSA) is 0 Å². The molecule has 0 unspecified atom stereocenters. The molecule has 0 nitrogen and oxygen atoms in total. The summed E-state index contributed by atoms with van der Waals surface area (Å²) in [4.78, 5) is 0. The van der Waals surface area contributed by atoms with Gasteiger partial charge in [0.05, 0.1) is 0 Å². The van der Waals surface area contributed by atoms with Crippen LogP contribution in [0.25, 0.3) is 0 Å². The van der Waals surface area contributed by atoms with Gasteiger partial charge in [-0.2, -0.15) is 0 Å². The first-order valence-electron chi connectivity index (χ1n) is 17.4. The van der Waals surface area contributed by atoms with Crippen LogP contribution in [0.3, 0.4) is 0 Å². The molecular formula is C34H60Cl2FeP2Pd. The van der Waals surface area contributed by atoms with Crippen molar-refractivity contribution in [2.45, 2.75) is 202 Å². The monoisotopic (exact) mass is 762 g/mol. The summed E-state index contributed by atoms with van der Waals surface area (Å²) >= 11 is -0.106. The molecule has 6 aliphatic carbocycles. The van der Waals surface area contributed by atoms with E-state index in [4.69, 9.17) is 19.1 Å². The van der Waals surface area contributed by atoms with E-state index in [0.717, 1.165) is 22.6 Å². The van der Waals surface area contributed by atoms with Crippen molar-refractivity contribution in [3.63, 3.8) is 0 Å². The maximum Gasteiger partial charge on any atom is 0 e. The third-order valence-electron chi connectivity index (χ3n) is 11.0. The second-order valence-electron chi connectivity index (χ2n) is 13.6. The van der Waals surface area contributed by atoms with Crippen LogP contribution in [0.15, 0.2) is 0 Å². The van der Waals surface area contributed by atoms with Gasteiger partial charge in [-0.3, -0.25) is 0 Å². The molecule has 0 aromatic carbocycles. The molecule has 6 aliphatic rings. The van der Waals surface area contributed by atoms with Gasteiger partial charge in [0, 0.05) is 28.4 Å². The number of hydrogen-bond acceptors (Lipinski definition) is 0. The summed E-state index contributed by atoms with van der Waals surface area (Å²) in [6.45, 7) is 0. The van der Waals surface area contributed by atoms with E-state index in [2.05, 4.69) is 11.3 Å². The van der Waals surface area contributed by atoms with Crippen molar-refractivity contribution in [1.29, 1.82) is 0 Å². The summed E-state index contributed by atoms with van der Waals surface area (Å²) in [5, 5.41) is 0.